The van der Waals surface area contributed by atoms with Gasteiger partial charge in [-0.3, -0.25) is 14.7 Å². The molecule has 1 saturated heterocycles. The number of nitrogens with one attached hydrogen (secondary N) is 2. The van der Waals surface area contributed by atoms with E-state index in [1.165, 1.54) is 0 Å². The Hall–Kier alpha value is -4.98. The summed E-state index contributed by atoms with van der Waals surface area (Å²) in [7, 11) is 3.49. The molecule has 51 heavy (non-hydrogen) atoms. The van der Waals surface area contributed by atoms with Crippen LogP contribution in [-0.4, -0.2) is 68.4 Å². The lowest BCUT2D eigenvalue weighted by Gasteiger charge is -2.40. The maximum absolute atomic E-state index is 13.0. The van der Waals surface area contributed by atoms with Gasteiger partial charge in [-0.05, 0) is 75.4 Å². The zero-order valence-electron chi connectivity index (χ0n) is 30.2. The van der Waals surface area contributed by atoms with Gasteiger partial charge >= 0.3 is 0 Å². The molecule has 3 aromatic carbocycles. The van der Waals surface area contributed by atoms with Crippen molar-refractivity contribution < 1.29 is 4.79 Å². The second kappa shape index (κ2) is 15.1. The molecule has 2 N–H and O–H groups in total. The summed E-state index contributed by atoms with van der Waals surface area (Å²) in [6.07, 6.45) is 6.36. The van der Waals surface area contributed by atoms with Gasteiger partial charge in [0.05, 0.1) is 46.1 Å². The van der Waals surface area contributed by atoms with Crippen molar-refractivity contribution in [3.05, 3.63) is 112 Å². The predicted molar refractivity (Wildman–Crippen MR) is 204 cm³/mol. The lowest BCUT2D eigenvalue weighted by Crippen LogP contribution is -2.46. The minimum Gasteiger partial charge on any atom is -0.377 e. The van der Waals surface area contributed by atoms with Crippen LogP contribution in [0, 0.1) is 11.3 Å². The number of hydrogen-bond donors (Lipinski definition) is 2. The minimum absolute atomic E-state index is 0.0330. The third-order valence-electron chi connectivity index (χ3n) is 9.77. The van der Waals surface area contributed by atoms with Crippen molar-refractivity contribution in [1.29, 1.82) is 5.26 Å². The Morgan fingerprint density at radius 1 is 1.04 bits per heavy atom. The molecule has 11 heteroatoms. The fraction of sp³-hybridized carbons (Fsp3) is 0.375. The van der Waals surface area contributed by atoms with E-state index >= 15 is 0 Å². The van der Waals surface area contributed by atoms with Gasteiger partial charge in [0.1, 0.15) is 11.8 Å². The summed E-state index contributed by atoms with van der Waals surface area (Å²) in [6, 6.07) is 23.7. The predicted octanol–water partition coefficient (Wildman–Crippen LogP) is 8.25. The molecule has 1 amide bonds. The van der Waals surface area contributed by atoms with Crippen LogP contribution in [0.15, 0.2) is 79.1 Å². The number of benzene rings is 3. The van der Waals surface area contributed by atoms with Gasteiger partial charge in [-0.25, -0.2) is 4.68 Å². The Kier molecular flexibility index (Phi) is 10.6. The smallest absolute Gasteiger partial charge is 0.253 e. The van der Waals surface area contributed by atoms with E-state index in [0.717, 1.165) is 54.6 Å². The number of rotatable bonds is 10. The monoisotopic (exact) mass is 703 g/mol. The molecule has 5 aromatic rings. The highest BCUT2D eigenvalue weighted by atomic mass is 35.5. The second-order valence-electron chi connectivity index (χ2n) is 14.4. The van der Waals surface area contributed by atoms with Crippen LogP contribution in [0.5, 0.6) is 0 Å². The number of halogens is 1. The highest BCUT2D eigenvalue weighted by Crippen LogP contribution is 2.38. The van der Waals surface area contributed by atoms with Crippen LogP contribution < -0.4 is 10.6 Å². The summed E-state index contributed by atoms with van der Waals surface area (Å²) < 4.78 is 1.99. The molecule has 2 atom stereocenters. The number of carbonyl (C=O) groups excluding carboxylic acids is 1. The van der Waals surface area contributed by atoms with E-state index in [9.17, 15) is 10.1 Å². The summed E-state index contributed by atoms with van der Waals surface area (Å²) >= 11 is 6.94. The highest BCUT2D eigenvalue weighted by Gasteiger charge is 2.29. The summed E-state index contributed by atoms with van der Waals surface area (Å²) in [4.78, 5) is 21.7. The molecule has 1 aliphatic heterocycles. The fourth-order valence-electron chi connectivity index (χ4n) is 6.87. The molecule has 0 bridgehead atoms. The van der Waals surface area contributed by atoms with Crippen LogP contribution in [0.2, 0.25) is 5.02 Å². The van der Waals surface area contributed by atoms with Gasteiger partial charge < -0.3 is 15.5 Å². The maximum Gasteiger partial charge on any atom is 0.253 e. The number of fused-ring (bicyclic) bond motifs is 1. The average Bonchev–Trinajstić information content (AvgIpc) is 3.62. The Morgan fingerprint density at radius 3 is 2.43 bits per heavy atom. The molecule has 1 aliphatic rings. The first-order chi connectivity index (χ1) is 24.5. The first kappa shape index (κ1) is 35.8. The molecule has 2 aromatic heterocycles. The van der Waals surface area contributed by atoms with Crippen molar-refractivity contribution in [3.63, 3.8) is 0 Å². The van der Waals surface area contributed by atoms with Gasteiger partial charge in [0.2, 0.25) is 0 Å². The number of amides is 1. The molecule has 3 heterocycles. The Labute approximate surface area is 305 Å². The maximum atomic E-state index is 13.0. The highest BCUT2D eigenvalue weighted by molar-refractivity contribution is 6.35. The third kappa shape index (κ3) is 7.85. The quantitative estimate of drug-likeness (QED) is 0.149. The second-order valence-corrected chi connectivity index (χ2v) is 14.9. The molecular weight excluding hydrogens is 658 g/mol. The number of pyridine rings is 1. The number of hydrogen-bond acceptors (Lipinski definition) is 8. The summed E-state index contributed by atoms with van der Waals surface area (Å²) in [6.45, 7) is 10.9. The van der Waals surface area contributed by atoms with Gasteiger partial charge in [-0.1, -0.05) is 66.2 Å². The fourth-order valence-corrected chi connectivity index (χ4v) is 7.14. The molecule has 0 saturated carbocycles. The molecule has 6 rings (SSSR count). The normalized spacial score (nSPS) is 15.3. The number of aromatic nitrogens is 4. The van der Waals surface area contributed by atoms with E-state index in [4.69, 9.17) is 16.7 Å². The molecule has 10 nitrogen and oxygen atoms in total. The van der Waals surface area contributed by atoms with E-state index in [-0.39, 0.29) is 23.5 Å². The number of nitriles is 1. The van der Waals surface area contributed by atoms with Crippen molar-refractivity contribution in [3.8, 4) is 6.07 Å². The van der Waals surface area contributed by atoms with Gasteiger partial charge in [0, 0.05) is 55.6 Å². The van der Waals surface area contributed by atoms with Crippen LogP contribution >= 0.6 is 11.6 Å². The Balaban J connectivity index is 1.40. The molecule has 264 valence electrons. The van der Waals surface area contributed by atoms with E-state index in [1.54, 1.807) is 25.2 Å². The summed E-state index contributed by atoms with van der Waals surface area (Å²) in [5.74, 6) is -0.0895. The van der Waals surface area contributed by atoms with Crippen molar-refractivity contribution in [2.75, 3.05) is 37.8 Å². The Bertz CT molecular complexity index is 2040. The topological polar surface area (TPSA) is 115 Å². The molecule has 0 aliphatic carbocycles. The van der Waals surface area contributed by atoms with Crippen molar-refractivity contribution in [1.82, 2.24) is 29.8 Å². The summed E-state index contributed by atoms with van der Waals surface area (Å²) in [5, 5.41) is 28.0. The first-order valence-electron chi connectivity index (χ1n) is 17.6. The lowest BCUT2D eigenvalue weighted by atomic mass is 9.98. The standard InChI is InChI=1S/C40H46ClN9O/c1-7-34(26-12-9-8-10-13-26)45-36-29(23-42)24-43-38-32(36)21-30(22-33(38)41)44-37(27-14-11-15-28(20-27)39(51)48(5)6)35-25-50(47-46-35)31-16-18-49(19-17-31)40(2,3)4/h8-15,20-22,24-25,31,34,37,44H,7,16-19H2,1-6H3,(H,43,45). The number of piperidine rings is 1. The van der Waals surface area contributed by atoms with Gasteiger partial charge in [0.25, 0.3) is 5.91 Å². The first-order valence-corrected chi connectivity index (χ1v) is 17.9. The lowest BCUT2D eigenvalue weighted by molar-refractivity contribution is 0.0827. The van der Waals surface area contributed by atoms with Gasteiger partial charge in [-0.2, -0.15) is 5.26 Å². The van der Waals surface area contributed by atoms with E-state index < -0.39 is 6.04 Å². The molecule has 0 spiro atoms. The largest absolute Gasteiger partial charge is 0.377 e. The summed E-state index contributed by atoms with van der Waals surface area (Å²) in [5.41, 5.74) is 5.79. The van der Waals surface area contributed by atoms with E-state index in [1.807, 2.05) is 65.5 Å². The molecule has 2 unspecified atom stereocenters. The van der Waals surface area contributed by atoms with Gasteiger partial charge in [0.15, 0.2) is 0 Å². The van der Waals surface area contributed by atoms with Crippen LogP contribution in [0.1, 0.15) is 97.8 Å². The molecule has 1 fully saturated rings. The van der Waals surface area contributed by atoms with E-state index in [0.29, 0.717) is 33.0 Å². The SMILES string of the molecule is CCC(Nc1c(C#N)cnc2c(Cl)cc(NC(c3cccc(C(=O)N(C)C)c3)c3cn(C4CCN(C(C)(C)C)CC4)nn3)cc12)c1ccccc1. The zero-order valence-corrected chi connectivity index (χ0v) is 30.9. The van der Waals surface area contributed by atoms with Crippen LogP contribution in [0.3, 0.4) is 0 Å². The minimum atomic E-state index is -0.465. The van der Waals surface area contributed by atoms with Crippen molar-refractivity contribution in [2.24, 2.45) is 0 Å². The average molecular weight is 704 g/mol. The molecular formula is C40H46ClN9O. The number of likely N-dealkylation sites (tertiary alicyclic amines) is 1. The zero-order chi connectivity index (χ0) is 36.3. The number of anilines is 2. The van der Waals surface area contributed by atoms with Crippen LogP contribution in [0.25, 0.3) is 10.9 Å². The Morgan fingerprint density at radius 2 is 1.76 bits per heavy atom. The third-order valence-corrected chi connectivity index (χ3v) is 10.1. The molecule has 0 radical (unpaired) electrons. The van der Waals surface area contributed by atoms with Crippen LogP contribution in [-0.2, 0) is 0 Å². The van der Waals surface area contributed by atoms with E-state index in [2.05, 4.69) is 71.6 Å². The van der Waals surface area contributed by atoms with Gasteiger partial charge in [-0.15, -0.1) is 5.10 Å². The van der Waals surface area contributed by atoms with Crippen molar-refractivity contribution in [2.45, 2.75) is 70.6 Å². The van der Waals surface area contributed by atoms with Crippen LogP contribution in [0.4, 0.5) is 11.4 Å². The number of carbonyl (C=O) groups is 1. The van der Waals surface area contributed by atoms with Crippen molar-refractivity contribution >= 4 is 39.8 Å². The number of nitrogens with zero attached hydrogens (tertiary/aromatic N) is 7.